The van der Waals surface area contributed by atoms with Crippen LogP contribution in [0, 0.1) is 11.8 Å². The molecule has 2 aliphatic rings. The molecule has 0 unspecified atom stereocenters. The second kappa shape index (κ2) is 8.37. The molecule has 0 bridgehead atoms. The first-order chi connectivity index (χ1) is 12.1. The number of benzene rings is 1. The van der Waals surface area contributed by atoms with Crippen molar-refractivity contribution < 1.29 is 9.59 Å². The molecular weight excluding hydrogens is 314 g/mol. The molecule has 1 aromatic carbocycles. The highest BCUT2D eigenvalue weighted by Gasteiger charge is 2.23. The van der Waals surface area contributed by atoms with Gasteiger partial charge in [-0.1, -0.05) is 19.3 Å². The van der Waals surface area contributed by atoms with Gasteiger partial charge in [-0.15, -0.1) is 0 Å². The first kappa shape index (κ1) is 17.8. The number of hydrogen-bond acceptors (Lipinski definition) is 3. The van der Waals surface area contributed by atoms with Gasteiger partial charge in [-0.3, -0.25) is 9.59 Å². The Morgan fingerprint density at radius 3 is 2.24 bits per heavy atom. The van der Waals surface area contributed by atoms with Crippen LogP contribution in [-0.4, -0.2) is 24.9 Å². The molecule has 2 fully saturated rings. The molecule has 1 aliphatic heterocycles. The lowest BCUT2D eigenvalue weighted by Gasteiger charge is -2.32. The number of hydrogen-bond donors (Lipinski definition) is 2. The number of primary amides is 1. The first-order valence-corrected chi connectivity index (χ1v) is 9.56. The summed E-state index contributed by atoms with van der Waals surface area (Å²) in [6.45, 7) is 1.70. The maximum absolute atomic E-state index is 12.2. The van der Waals surface area contributed by atoms with E-state index in [1.165, 1.54) is 32.1 Å². The summed E-state index contributed by atoms with van der Waals surface area (Å²) in [6, 6.07) is 8.02. The molecule has 0 radical (unpaired) electrons. The van der Waals surface area contributed by atoms with Gasteiger partial charge in [0.15, 0.2) is 0 Å². The van der Waals surface area contributed by atoms with Crippen LogP contribution in [0.2, 0.25) is 0 Å². The minimum absolute atomic E-state index is 0.00889. The second-order valence-electron chi connectivity index (χ2n) is 7.47. The van der Waals surface area contributed by atoms with Crippen LogP contribution in [0.4, 0.5) is 11.4 Å². The molecule has 1 saturated heterocycles. The van der Waals surface area contributed by atoms with Gasteiger partial charge in [0.1, 0.15) is 0 Å². The molecule has 1 heterocycles. The quantitative estimate of drug-likeness (QED) is 0.861. The number of anilines is 2. The fourth-order valence-corrected chi connectivity index (χ4v) is 4.04. The predicted molar refractivity (Wildman–Crippen MR) is 100 cm³/mol. The van der Waals surface area contributed by atoms with Crippen LogP contribution >= 0.6 is 0 Å². The summed E-state index contributed by atoms with van der Waals surface area (Å²) in [5, 5.41) is 3.02. The van der Waals surface area contributed by atoms with Crippen molar-refractivity contribution >= 4 is 23.2 Å². The van der Waals surface area contributed by atoms with Gasteiger partial charge in [-0.05, 0) is 55.9 Å². The van der Waals surface area contributed by atoms with E-state index in [9.17, 15) is 9.59 Å². The average Bonchev–Trinajstić information content (AvgIpc) is 2.63. The van der Waals surface area contributed by atoms with Crippen LogP contribution in [0.25, 0.3) is 0 Å². The van der Waals surface area contributed by atoms with E-state index in [2.05, 4.69) is 10.2 Å². The summed E-state index contributed by atoms with van der Waals surface area (Å²) < 4.78 is 0. The van der Waals surface area contributed by atoms with Gasteiger partial charge in [0.2, 0.25) is 11.8 Å². The molecule has 3 N–H and O–H groups in total. The average molecular weight is 343 g/mol. The number of rotatable bonds is 5. The lowest BCUT2D eigenvalue weighted by Crippen LogP contribution is -2.38. The van der Waals surface area contributed by atoms with Crippen LogP contribution in [0.15, 0.2) is 24.3 Å². The van der Waals surface area contributed by atoms with E-state index in [1.54, 1.807) is 0 Å². The Kier molecular flexibility index (Phi) is 5.95. The summed E-state index contributed by atoms with van der Waals surface area (Å²) in [5.74, 6) is 0.506. The molecule has 136 valence electrons. The van der Waals surface area contributed by atoms with Gasteiger partial charge in [0, 0.05) is 36.8 Å². The zero-order valence-corrected chi connectivity index (χ0v) is 14.9. The van der Waals surface area contributed by atoms with Crippen molar-refractivity contribution in [2.75, 3.05) is 23.3 Å². The summed E-state index contributed by atoms with van der Waals surface area (Å²) in [6.07, 6.45) is 8.49. The molecule has 1 saturated carbocycles. The van der Waals surface area contributed by atoms with Crippen LogP contribution < -0.4 is 16.0 Å². The number of amides is 2. The fourth-order valence-electron chi connectivity index (χ4n) is 4.04. The Bertz CT molecular complexity index is 585. The molecule has 2 amide bonds. The number of piperidine rings is 1. The molecule has 3 rings (SSSR count). The van der Waals surface area contributed by atoms with Crippen molar-refractivity contribution in [1.29, 1.82) is 0 Å². The monoisotopic (exact) mass is 343 g/mol. The summed E-state index contributed by atoms with van der Waals surface area (Å²) in [5.41, 5.74) is 7.38. The van der Waals surface area contributed by atoms with E-state index in [0.717, 1.165) is 37.3 Å². The summed E-state index contributed by atoms with van der Waals surface area (Å²) in [4.78, 5) is 25.7. The standard InChI is InChI=1S/C20H29N3O2/c21-20(25)16-10-12-23(13-11-16)18-8-6-17(7-9-18)22-19(24)14-15-4-2-1-3-5-15/h6-9,15-16H,1-5,10-14H2,(H2,21,25)(H,22,24). The van der Waals surface area contributed by atoms with Gasteiger partial charge in [-0.2, -0.15) is 0 Å². The highest BCUT2D eigenvalue weighted by atomic mass is 16.2. The van der Waals surface area contributed by atoms with Crippen LogP contribution in [0.5, 0.6) is 0 Å². The van der Waals surface area contributed by atoms with E-state index in [1.807, 2.05) is 24.3 Å². The van der Waals surface area contributed by atoms with Crippen LogP contribution in [-0.2, 0) is 9.59 Å². The number of nitrogens with zero attached hydrogens (tertiary/aromatic N) is 1. The van der Waals surface area contributed by atoms with Crippen molar-refractivity contribution in [3.63, 3.8) is 0 Å². The van der Waals surface area contributed by atoms with E-state index >= 15 is 0 Å². The third-order valence-electron chi connectivity index (χ3n) is 5.61. The Morgan fingerprint density at radius 2 is 1.64 bits per heavy atom. The zero-order chi connectivity index (χ0) is 17.6. The highest BCUT2D eigenvalue weighted by molar-refractivity contribution is 5.91. The maximum Gasteiger partial charge on any atom is 0.224 e. The zero-order valence-electron chi connectivity index (χ0n) is 14.9. The lowest BCUT2D eigenvalue weighted by atomic mass is 9.87. The van der Waals surface area contributed by atoms with E-state index in [-0.39, 0.29) is 17.7 Å². The Hall–Kier alpha value is -2.04. The third-order valence-corrected chi connectivity index (χ3v) is 5.61. The van der Waals surface area contributed by atoms with E-state index in [4.69, 9.17) is 5.73 Å². The SMILES string of the molecule is NC(=O)C1CCN(c2ccc(NC(=O)CC3CCCCC3)cc2)CC1. The van der Waals surface area contributed by atoms with Crippen LogP contribution in [0.3, 0.4) is 0 Å². The van der Waals surface area contributed by atoms with Crippen molar-refractivity contribution in [3.8, 4) is 0 Å². The minimum Gasteiger partial charge on any atom is -0.371 e. The van der Waals surface area contributed by atoms with Gasteiger partial charge >= 0.3 is 0 Å². The fraction of sp³-hybridized carbons (Fsp3) is 0.600. The third kappa shape index (κ3) is 4.97. The Balaban J connectivity index is 1.48. The molecule has 0 atom stereocenters. The minimum atomic E-state index is -0.185. The van der Waals surface area contributed by atoms with E-state index in [0.29, 0.717) is 12.3 Å². The van der Waals surface area contributed by atoms with Gasteiger partial charge in [-0.25, -0.2) is 0 Å². The molecule has 1 aliphatic carbocycles. The summed E-state index contributed by atoms with van der Waals surface area (Å²) >= 11 is 0. The van der Waals surface area contributed by atoms with Crippen molar-refractivity contribution in [2.24, 2.45) is 17.6 Å². The van der Waals surface area contributed by atoms with Crippen molar-refractivity contribution in [3.05, 3.63) is 24.3 Å². The normalized spacial score (nSPS) is 19.6. The predicted octanol–water partition coefficient (Wildman–Crippen LogP) is 3.30. The maximum atomic E-state index is 12.2. The molecule has 5 heteroatoms. The number of nitrogens with one attached hydrogen (secondary N) is 1. The van der Waals surface area contributed by atoms with Gasteiger partial charge < -0.3 is 16.0 Å². The molecule has 5 nitrogen and oxygen atoms in total. The topological polar surface area (TPSA) is 75.4 Å². The molecule has 0 spiro atoms. The van der Waals surface area contributed by atoms with Gasteiger partial charge in [0.05, 0.1) is 0 Å². The molecule has 0 aromatic heterocycles. The second-order valence-corrected chi connectivity index (χ2v) is 7.47. The number of nitrogens with two attached hydrogens (primary N) is 1. The van der Waals surface area contributed by atoms with Crippen molar-refractivity contribution in [1.82, 2.24) is 0 Å². The first-order valence-electron chi connectivity index (χ1n) is 9.56. The molecule has 1 aromatic rings. The Morgan fingerprint density at radius 1 is 1.00 bits per heavy atom. The van der Waals surface area contributed by atoms with Crippen LogP contribution in [0.1, 0.15) is 51.4 Å². The highest BCUT2D eigenvalue weighted by Crippen LogP contribution is 2.27. The largest absolute Gasteiger partial charge is 0.371 e. The lowest BCUT2D eigenvalue weighted by molar-refractivity contribution is -0.122. The number of carbonyl (C=O) groups is 2. The van der Waals surface area contributed by atoms with Crippen molar-refractivity contribution in [2.45, 2.75) is 51.4 Å². The summed E-state index contributed by atoms with van der Waals surface area (Å²) in [7, 11) is 0. The van der Waals surface area contributed by atoms with E-state index < -0.39 is 0 Å². The molecular formula is C20H29N3O2. The Labute approximate surface area is 150 Å². The smallest absolute Gasteiger partial charge is 0.224 e. The number of carbonyl (C=O) groups excluding carboxylic acids is 2. The molecule has 25 heavy (non-hydrogen) atoms. The van der Waals surface area contributed by atoms with Gasteiger partial charge in [0.25, 0.3) is 0 Å².